The van der Waals surface area contributed by atoms with Crippen molar-refractivity contribution >= 4 is 33.4 Å². The first kappa shape index (κ1) is 14.5. The molecule has 0 saturated heterocycles. The Labute approximate surface area is 139 Å². The largest absolute Gasteiger partial charge is 0.313 e. The highest BCUT2D eigenvalue weighted by Crippen LogP contribution is 2.24. The molecule has 0 spiro atoms. The fourth-order valence-electron chi connectivity index (χ4n) is 2.73. The van der Waals surface area contributed by atoms with Crippen LogP contribution < -0.4 is 5.32 Å². The zero-order valence-corrected chi connectivity index (χ0v) is 14.2. The van der Waals surface area contributed by atoms with Gasteiger partial charge in [0.05, 0.1) is 0 Å². The molecule has 0 bridgehead atoms. The average molecular weight is 387 g/mol. The second-order valence-electron chi connectivity index (χ2n) is 5.25. The van der Waals surface area contributed by atoms with Crippen LogP contribution in [0.15, 0.2) is 66.7 Å². The predicted octanol–water partition coefficient (Wildman–Crippen LogP) is 4.95. The van der Waals surface area contributed by atoms with Crippen molar-refractivity contribution in [1.82, 2.24) is 5.32 Å². The van der Waals surface area contributed by atoms with E-state index in [0.29, 0.717) is 6.04 Å². The molecule has 0 aliphatic heterocycles. The average Bonchev–Trinajstić information content (AvgIpc) is 2.53. The molecule has 1 unspecified atom stereocenters. The quantitative estimate of drug-likeness (QED) is 0.625. The van der Waals surface area contributed by atoms with Gasteiger partial charge >= 0.3 is 0 Å². The standard InChI is InChI=1S/C19H18IN/c1-21-19(17-8-4-5-9-18(17)20)13-14-10-11-15-6-2-3-7-16(15)12-14/h2-12,19,21H,13H2,1H3. The van der Waals surface area contributed by atoms with E-state index in [-0.39, 0.29) is 0 Å². The van der Waals surface area contributed by atoms with Crippen LogP contribution in [0.25, 0.3) is 10.8 Å². The van der Waals surface area contributed by atoms with Gasteiger partial charge in [0.1, 0.15) is 0 Å². The second-order valence-corrected chi connectivity index (χ2v) is 6.41. The van der Waals surface area contributed by atoms with Gasteiger partial charge in [0, 0.05) is 9.61 Å². The number of halogens is 1. The van der Waals surface area contributed by atoms with Crippen LogP contribution in [0.5, 0.6) is 0 Å². The summed E-state index contributed by atoms with van der Waals surface area (Å²) in [4.78, 5) is 0. The lowest BCUT2D eigenvalue weighted by atomic mass is 9.97. The zero-order chi connectivity index (χ0) is 14.7. The molecule has 0 aromatic heterocycles. The predicted molar refractivity (Wildman–Crippen MR) is 98.6 cm³/mol. The van der Waals surface area contributed by atoms with Gasteiger partial charge in [-0.15, -0.1) is 0 Å². The summed E-state index contributed by atoms with van der Waals surface area (Å²) in [6.45, 7) is 0. The molecule has 3 aromatic rings. The molecule has 1 nitrogen and oxygen atoms in total. The van der Waals surface area contributed by atoms with E-state index in [0.717, 1.165) is 6.42 Å². The topological polar surface area (TPSA) is 12.0 Å². The van der Waals surface area contributed by atoms with E-state index in [1.54, 1.807) is 0 Å². The van der Waals surface area contributed by atoms with E-state index in [1.807, 2.05) is 7.05 Å². The van der Waals surface area contributed by atoms with Gasteiger partial charge in [-0.25, -0.2) is 0 Å². The molecule has 3 aromatic carbocycles. The van der Waals surface area contributed by atoms with E-state index in [4.69, 9.17) is 0 Å². The lowest BCUT2D eigenvalue weighted by Gasteiger charge is -2.18. The van der Waals surface area contributed by atoms with E-state index in [1.165, 1.54) is 25.5 Å². The summed E-state index contributed by atoms with van der Waals surface area (Å²) < 4.78 is 1.32. The number of likely N-dealkylation sites (N-methyl/N-ethyl adjacent to an activating group) is 1. The summed E-state index contributed by atoms with van der Waals surface area (Å²) in [5.74, 6) is 0. The highest BCUT2D eigenvalue weighted by atomic mass is 127. The lowest BCUT2D eigenvalue weighted by molar-refractivity contribution is 0.590. The van der Waals surface area contributed by atoms with Gasteiger partial charge in [0.2, 0.25) is 0 Å². The van der Waals surface area contributed by atoms with Crippen LogP contribution in [0.4, 0.5) is 0 Å². The van der Waals surface area contributed by atoms with Crippen molar-refractivity contribution in [2.24, 2.45) is 0 Å². The third-order valence-electron chi connectivity index (χ3n) is 3.88. The summed E-state index contributed by atoms with van der Waals surface area (Å²) in [5.41, 5.74) is 2.74. The normalized spacial score (nSPS) is 12.5. The smallest absolute Gasteiger partial charge is 0.0368 e. The Morgan fingerprint density at radius 2 is 1.62 bits per heavy atom. The first-order valence-corrected chi connectivity index (χ1v) is 8.25. The number of hydrogen-bond acceptors (Lipinski definition) is 1. The molecule has 0 fully saturated rings. The van der Waals surface area contributed by atoms with Crippen molar-refractivity contribution in [3.63, 3.8) is 0 Å². The van der Waals surface area contributed by atoms with Crippen LogP contribution in [0, 0.1) is 3.57 Å². The fourth-order valence-corrected chi connectivity index (χ4v) is 3.49. The number of hydrogen-bond donors (Lipinski definition) is 1. The maximum absolute atomic E-state index is 3.45. The van der Waals surface area contributed by atoms with Crippen LogP contribution in [0.1, 0.15) is 17.2 Å². The summed E-state index contributed by atoms with van der Waals surface area (Å²) in [7, 11) is 2.04. The molecule has 0 aliphatic carbocycles. The van der Waals surface area contributed by atoms with Crippen molar-refractivity contribution in [2.45, 2.75) is 12.5 Å². The number of nitrogens with one attached hydrogen (secondary N) is 1. The summed E-state index contributed by atoms with van der Waals surface area (Å²) in [6.07, 6.45) is 1.00. The molecule has 0 saturated carbocycles. The molecule has 1 atom stereocenters. The minimum absolute atomic E-state index is 0.347. The van der Waals surface area contributed by atoms with Gasteiger partial charge < -0.3 is 5.32 Å². The zero-order valence-electron chi connectivity index (χ0n) is 12.0. The van der Waals surface area contributed by atoms with Crippen LogP contribution in [-0.4, -0.2) is 7.05 Å². The van der Waals surface area contributed by atoms with E-state index in [9.17, 15) is 0 Å². The summed E-state index contributed by atoms with van der Waals surface area (Å²) >= 11 is 2.42. The molecular weight excluding hydrogens is 369 g/mol. The summed E-state index contributed by atoms with van der Waals surface area (Å²) in [6, 6.07) is 24.2. The van der Waals surface area contributed by atoms with Crippen molar-refractivity contribution in [1.29, 1.82) is 0 Å². The third-order valence-corrected chi connectivity index (χ3v) is 4.87. The molecule has 106 valence electrons. The maximum atomic E-state index is 3.45. The van der Waals surface area contributed by atoms with Gasteiger partial charge in [-0.1, -0.05) is 60.7 Å². The van der Waals surface area contributed by atoms with E-state index < -0.39 is 0 Å². The maximum Gasteiger partial charge on any atom is 0.0368 e. The highest BCUT2D eigenvalue weighted by molar-refractivity contribution is 14.1. The van der Waals surface area contributed by atoms with Crippen LogP contribution in [0.2, 0.25) is 0 Å². The first-order chi connectivity index (χ1) is 10.3. The van der Waals surface area contributed by atoms with Crippen LogP contribution in [0.3, 0.4) is 0 Å². The van der Waals surface area contributed by atoms with Crippen molar-refractivity contribution < 1.29 is 0 Å². The summed E-state index contributed by atoms with van der Waals surface area (Å²) in [5, 5.41) is 6.07. The first-order valence-electron chi connectivity index (χ1n) is 7.17. The van der Waals surface area contributed by atoms with Crippen molar-refractivity contribution in [3.05, 3.63) is 81.4 Å². The second kappa shape index (κ2) is 6.58. The molecule has 0 aliphatic rings. The minimum atomic E-state index is 0.347. The SMILES string of the molecule is CNC(Cc1ccc2ccccc2c1)c1ccccc1I. The monoisotopic (exact) mass is 387 g/mol. The number of rotatable bonds is 4. The minimum Gasteiger partial charge on any atom is -0.313 e. The number of fused-ring (bicyclic) bond motifs is 1. The van der Waals surface area contributed by atoms with Crippen molar-refractivity contribution in [3.8, 4) is 0 Å². The Balaban J connectivity index is 1.90. The van der Waals surface area contributed by atoms with Gasteiger partial charge in [-0.05, 0) is 64.0 Å². The Morgan fingerprint density at radius 3 is 2.38 bits per heavy atom. The van der Waals surface area contributed by atoms with Gasteiger partial charge in [-0.2, -0.15) is 0 Å². The highest BCUT2D eigenvalue weighted by Gasteiger charge is 2.12. The molecule has 2 heteroatoms. The van der Waals surface area contributed by atoms with E-state index in [2.05, 4.69) is 94.6 Å². The molecule has 3 rings (SSSR count). The van der Waals surface area contributed by atoms with E-state index >= 15 is 0 Å². The van der Waals surface area contributed by atoms with Crippen molar-refractivity contribution in [2.75, 3.05) is 7.05 Å². The van der Waals surface area contributed by atoms with Gasteiger partial charge in [0.25, 0.3) is 0 Å². The molecule has 21 heavy (non-hydrogen) atoms. The fraction of sp³-hybridized carbons (Fsp3) is 0.158. The van der Waals surface area contributed by atoms with Gasteiger partial charge in [0.15, 0.2) is 0 Å². The Kier molecular flexibility index (Phi) is 4.56. The molecule has 0 heterocycles. The van der Waals surface area contributed by atoms with Crippen LogP contribution in [-0.2, 0) is 6.42 Å². The van der Waals surface area contributed by atoms with Gasteiger partial charge in [-0.3, -0.25) is 0 Å². The van der Waals surface area contributed by atoms with Crippen LogP contribution >= 0.6 is 22.6 Å². The Morgan fingerprint density at radius 1 is 0.905 bits per heavy atom. The molecule has 0 radical (unpaired) electrons. The molecule has 1 N–H and O–H groups in total. The number of benzene rings is 3. The molecule has 0 amide bonds. The molecular formula is C19H18IN. The third kappa shape index (κ3) is 3.27. The Hall–Kier alpha value is -1.39. The Bertz CT molecular complexity index is 751. The lowest BCUT2D eigenvalue weighted by Crippen LogP contribution is -2.19.